The Hall–Kier alpha value is -1.87. The maximum Gasteiger partial charge on any atom is 0.191 e. The Morgan fingerprint density at radius 1 is 1.13 bits per heavy atom. The van der Waals surface area contributed by atoms with Crippen LogP contribution in [0.4, 0.5) is 4.39 Å². The average molecular weight is 525 g/mol. The number of ether oxygens (including phenoxy) is 2. The summed E-state index contributed by atoms with van der Waals surface area (Å²) in [6.45, 7) is 2.70. The molecule has 1 fully saturated rings. The highest BCUT2D eigenvalue weighted by Gasteiger charge is 2.35. The molecule has 0 saturated carbocycles. The highest BCUT2D eigenvalue weighted by Crippen LogP contribution is 2.34. The monoisotopic (exact) mass is 525 g/mol. The summed E-state index contributed by atoms with van der Waals surface area (Å²) in [5.41, 5.74) is 2.09. The van der Waals surface area contributed by atoms with Gasteiger partial charge in [0.2, 0.25) is 0 Å². The van der Waals surface area contributed by atoms with Gasteiger partial charge in [-0.25, -0.2) is 4.39 Å². The minimum absolute atomic E-state index is 0. The highest BCUT2D eigenvalue weighted by molar-refractivity contribution is 14.0. The molecule has 0 spiro atoms. The number of rotatable bonds is 5. The molecule has 4 rings (SSSR count). The van der Waals surface area contributed by atoms with Crippen molar-refractivity contribution in [2.24, 2.45) is 4.99 Å². The molecule has 7 heteroatoms. The van der Waals surface area contributed by atoms with E-state index in [-0.39, 0.29) is 41.3 Å². The Labute approximate surface area is 194 Å². The van der Waals surface area contributed by atoms with Gasteiger partial charge in [-0.3, -0.25) is 4.99 Å². The summed E-state index contributed by atoms with van der Waals surface area (Å²) in [5, 5.41) is 6.82. The van der Waals surface area contributed by atoms with E-state index in [0.29, 0.717) is 26.3 Å². The lowest BCUT2D eigenvalue weighted by Gasteiger charge is -2.38. The fourth-order valence-electron chi connectivity index (χ4n) is 4.20. The summed E-state index contributed by atoms with van der Waals surface area (Å²) in [4.78, 5) is 4.36. The highest BCUT2D eigenvalue weighted by atomic mass is 127. The predicted molar refractivity (Wildman–Crippen MR) is 127 cm³/mol. The molecule has 0 amide bonds. The van der Waals surface area contributed by atoms with Crippen LogP contribution in [0, 0.1) is 5.82 Å². The summed E-state index contributed by atoms with van der Waals surface area (Å²) in [7, 11) is 1.76. The third-order valence-corrected chi connectivity index (χ3v) is 5.92. The van der Waals surface area contributed by atoms with E-state index < -0.39 is 0 Å². The van der Waals surface area contributed by atoms with Gasteiger partial charge in [-0.1, -0.05) is 30.3 Å². The van der Waals surface area contributed by atoms with E-state index >= 15 is 0 Å². The largest absolute Gasteiger partial charge is 0.488 e. The van der Waals surface area contributed by atoms with Crippen LogP contribution in [0.3, 0.4) is 0 Å². The van der Waals surface area contributed by atoms with Crippen LogP contribution in [0.2, 0.25) is 0 Å². The molecular weight excluding hydrogens is 496 g/mol. The smallest absolute Gasteiger partial charge is 0.191 e. The summed E-state index contributed by atoms with van der Waals surface area (Å²) in [5.74, 6) is 1.50. The van der Waals surface area contributed by atoms with Crippen LogP contribution in [0.1, 0.15) is 24.0 Å². The number of para-hydroxylation sites is 1. The van der Waals surface area contributed by atoms with Gasteiger partial charge >= 0.3 is 0 Å². The number of fused-ring (bicyclic) bond motifs is 1. The molecule has 2 aromatic rings. The van der Waals surface area contributed by atoms with Crippen molar-refractivity contribution in [2.45, 2.75) is 30.8 Å². The molecule has 5 nitrogen and oxygen atoms in total. The van der Waals surface area contributed by atoms with Gasteiger partial charge in [-0.2, -0.15) is 0 Å². The number of nitrogens with one attached hydrogen (secondary N) is 2. The molecule has 2 heterocycles. The first-order valence-electron chi connectivity index (χ1n) is 10.2. The topological polar surface area (TPSA) is 54.9 Å². The number of halogens is 2. The molecule has 1 atom stereocenters. The first kappa shape index (κ1) is 22.8. The van der Waals surface area contributed by atoms with E-state index in [2.05, 4.69) is 21.7 Å². The van der Waals surface area contributed by atoms with Crippen LogP contribution >= 0.6 is 24.0 Å². The van der Waals surface area contributed by atoms with Gasteiger partial charge in [0.25, 0.3) is 0 Å². The lowest BCUT2D eigenvalue weighted by molar-refractivity contribution is 0.0512. The molecule has 0 bridgehead atoms. The zero-order valence-electron chi connectivity index (χ0n) is 17.2. The van der Waals surface area contributed by atoms with E-state index in [1.54, 1.807) is 19.2 Å². The van der Waals surface area contributed by atoms with Crippen LogP contribution in [0.25, 0.3) is 0 Å². The molecule has 2 aliphatic rings. The van der Waals surface area contributed by atoms with E-state index in [4.69, 9.17) is 9.47 Å². The Balaban J connectivity index is 0.00000256. The molecule has 1 saturated heterocycles. The summed E-state index contributed by atoms with van der Waals surface area (Å²) < 4.78 is 25.4. The molecule has 2 aliphatic heterocycles. The van der Waals surface area contributed by atoms with Crippen LogP contribution in [0.15, 0.2) is 53.5 Å². The van der Waals surface area contributed by atoms with Gasteiger partial charge in [0, 0.05) is 38.6 Å². The standard InChI is InChI=1S/C23H28FN3O2.HI/c1-25-22(26-15-20-13-17-5-2-3-8-21(17)29-20)27-16-23(9-11-28-12-10-23)18-6-4-7-19(24)14-18;/h2-8,14,20H,9-13,15-16H2,1H3,(H2,25,26,27);1H. The van der Waals surface area contributed by atoms with Crippen LogP contribution in [-0.4, -0.2) is 45.4 Å². The first-order chi connectivity index (χ1) is 14.2. The molecule has 0 aromatic heterocycles. The van der Waals surface area contributed by atoms with Gasteiger partial charge < -0.3 is 20.1 Å². The molecular formula is C23H29FIN3O2. The SMILES string of the molecule is CN=C(NCC1Cc2ccccc2O1)NCC1(c2cccc(F)c2)CCOCC1.I. The molecule has 162 valence electrons. The summed E-state index contributed by atoms with van der Waals surface area (Å²) >= 11 is 0. The quantitative estimate of drug-likeness (QED) is 0.356. The van der Waals surface area contributed by atoms with Crippen molar-refractivity contribution in [1.29, 1.82) is 0 Å². The minimum atomic E-state index is -0.200. The first-order valence-corrected chi connectivity index (χ1v) is 10.2. The van der Waals surface area contributed by atoms with Crippen LogP contribution in [-0.2, 0) is 16.6 Å². The van der Waals surface area contributed by atoms with Gasteiger partial charge in [0.1, 0.15) is 17.7 Å². The Bertz CT molecular complexity index is 846. The zero-order valence-corrected chi connectivity index (χ0v) is 19.5. The molecule has 1 unspecified atom stereocenters. The van der Waals surface area contributed by atoms with Crippen molar-refractivity contribution in [3.63, 3.8) is 0 Å². The lowest BCUT2D eigenvalue weighted by atomic mass is 9.74. The molecule has 0 aliphatic carbocycles. The van der Waals surface area contributed by atoms with Crippen molar-refractivity contribution >= 4 is 29.9 Å². The molecule has 30 heavy (non-hydrogen) atoms. The molecule has 2 N–H and O–H groups in total. The zero-order chi connectivity index (χ0) is 20.1. The number of nitrogens with zero attached hydrogens (tertiary/aromatic N) is 1. The number of aliphatic imine (C=N–C) groups is 1. The second-order valence-corrected chi connectivity index (χ2v) is 7.76. The van der Waals surface area contributed by atoms with Crippen LogP contribution < -0.4 is 15.4 Å². The van der Waals surface area contributed by atoms with Gasteiger partial charge in [0.15, 0.2) is 5.96 Å². The molecule has 2 aromatic carbocycles. The van der Waals surface area contributed by atoms with Crippen molar-refractivity contribution in [2.75, 3.05) is 33.4 Å². The van der Waals surface area contributed by atoms with Crippen molar-refractivity contribution in [1.82, 2.24) is 10.6 Å². The second kappa shape index (κ2) is 10.4. The van der Waals surface area contributed by atoms with E-state index in [1.165, 1.54) is 11.6 Å². The fraction of sp³-hybridized carbons (Fsp3) is 0.435. The summed E-state index contributed by atoms with van der Waals surface area (Å²) in [6.07, 6.45) is 2.68. The second-order valence-electron chi connectivity index (χ2n) is 7.76. The normalized spacial score (nSPS) is 19.9. The summed E-state index contributed by atoms with van der Waals surface area (Å²) in [6, 6.07) is 15.1. The maximum atomic E-state index is 13.9. The fourth-order valence-corrected chi connectivity index (χ4v) is 4.20. The van der Waals surface area contributed by atoms with Crippen molar-refractivity contribution in [3.8, 4) is 5.75 Å². The Morgan fingerprint density at radius 3 is 2.67 bits per heavy atom. The molecule has 0 radical (unpaired) electrons. The number of hydrogen-bond donors (Lipinski definition) is 2. The van der Waals surface area contributed by atoms with E-state index in [9.17, 15) is 4.39 Å². The number of hydrogen-bond acceptors (Lipinski definition) is 3. The predicted octanol–water partition coefficient (Wildman–Crippen LogP) is 3.66. The third kappa shape index (κ3) is 5.24. The average Bonchev–Trinajstić information content (AvgIpc) is 3.17. The van der Waals surface area contributed by atoms with Crippen molar-refractivity contribution < 1.29 is 13.9 Å². The maximum absolute atomic E-state index is 13.9. The van der Waals surface area contributed by atoms with Crippen molar-refractivity contribution in [3.05, 3.63) is 65.5 Å². The third-order valence-electron chi connectivity index (χ3n) is 5.92. The Kier molecular flexibility index (Phi) is 7.93. The van der Waals surface area contributed by atoms with E-state index in [1.807, 2.05) is 24.3 Å². The Morgan fingerprint density at radius 2 is 1.93 bits per heavy atom. The number of guanidine groups is 1. The lowest BCUT2D eigenvalue weighted by Crippen LogP contribution is -2.49. The number of benzene rings is 2. The van der Waals surface area contributed by atoms with Gasteiger partial charge in [-0.05, 0) is 42.2 Å². The van der Waals surface area contributed by atoms with E-state index in [0.717, 1.165) is 36.5 Å². The minimum Gasteiger partial charge on any atom is -0.488 e. The van der Waals surface area contributed by atoms with Gasteiger partial charge in [0.05, 0.1) is 6.54 Å². The van der Waals surface area contributed by atoms with Gasteiger partial charge in [-0.15, -0.1) is 24.0 Å². The van der Waals surface area contributed by atoms with Crippen LogP contribution in [0.5, 0.6) is 5.75 Å².